The summed E-state index contributed by atoms with van der Waals surface area (Å²) in [5.74, 6) is 0. The maximum Gasteiger partial charge on any atom is 0.0833 e. The first kappa shape index (κ1) is 6.74. The number of aromatic nitrogens is 1. The smallest absolute Gasteiger partial charge is 0.0833 e. The molecule has 1 rings (SSSR count). The molecule has 3 nitrogen and oxygen atoms in total. The Balaban J connectivity index is 2.96. The molecule has 0 aliphatic heterocycles. The molecule has 0 atom stereocenters. The number of rotatable bonds is 1. The van der Waals surface area contributed by atoms with E-state index in [0.717, 1.165) is 0 Å². The van der Waals surface area contributed by atoms with E-state index in [9.17, 15) is 5.21 Å². The normalized spacial score (nSPS) is 11.5. The Bertz CT molecular complexity index is 231. The van der Waals surface area contributed by atoms with Crippen LogP contribution in [-0.2, 0) is 0 Å². The minimum atomic E-state index is 0.417. The van der Waals surface area contributed by atoms with Gasteiger partial charge >= 0.3 is 0 Å². The summed E-state index contributed by atoms with van der Waals surface area (Å²) in [4.78, 5) is 3.92. The maximum absolute atomic E-state index is 9.98. The molecule has 0 aliphatic carbocycles. The van der Waals surface area contributed by atoms with Gasteiger partial charge in [-0.15, -0.1) is 0 Å². The van der Waals surface area contributed by atoms with Crippen LogP contribution in [0.3, 0.4) is 0 Å². The minimum absolute atomic E-state index is 0.417. The topological polar surface area (TPSA) is 48.3 Å². The fourth-order valence-electron chi connectivity index (χ4n) is 0.624. The van der Waals surface area contributed by atoms with Crippen molar-refractivity contribution in [3.05, 3.63) is 35.3 Å². The maximum atomic E-state index is 9.98. The van der Waals surface area contributed by atoms with Crippen LogP contribution in [0, 0.1) is 5.21 Å². The second kappa shape index (κ2) is 2.96. The molecule has 0 unspecified atom stereocenters. The second-order valence-electron chi connectivity index (χ2n) is 1.89. The molecular formula is C7H7N2O-. The van der Waals surface area contributed by atoms with Gasteiger partial charge in [0.25, 0.3) is 0 Å². The van der Waals surface area contributed by atoms with Gasteiger partial charge in [0.05, 0.1) is 11.4 Å². The summed E-state index contributed by atoms with van der Waals surface area (Å²) >= 11 is 0. The molecule has 1 heterocycles. The van der Waals surface area contributed by atoms with Crippen molar-refractivity contribution in [1.82, 2.24) is 4.98 Å². The molecule has 0 saturated heterocycles. The van der Waals surface area contributed by atoms with Crippen LogP contribution >= 0.6 is 0 Å². The van der Waals surface area contributed by atoms with Gasteiger partial charge in [-0.05, 0) is 19.1 Å². The van der Waals surface area contributed by atoms with Crippen LogP contribution < -0.4 is 0 Å². The largest absolute Gasteiger partial charge is 0.792 e. The van der Waals surface area contributed by atoms with Gasteiger partial charge in [-0.25, -0.2) is 0 Å². The molecule has 0 bridgehead atoms. The second-order valence-corrected chi connectivity index (χ2v) is 1.89. The van der Waals surface area contributed by atoms with Gasteiger partial charge in [-0.3, -0.25) is 4.98 Å². The lowest BCUT2D eigenvalue weighted by atomic mass is 10.3. The highest BCUT2D eigenvalue weighted by Gasteiger charge is 1.91. The molecule has 0 amide bonds. The first-order valence-electron chi connectivity index (χ1n) is 2.93. The lowest BCUT2D eigenvalue weighted by Gasteiger charge is -1.99. The molecular weight excluding hydrogens is 128 g/mol. The van der Waals surface area contributed by atoms with Crippen LogP contribution in [0.4, 0.5) is 0 Å². The fourth-order valence-corrected chi connectivity index (χ4v) is 0.624. The van der Waals surface area contributed by atoms with Gasteiger partial charge < -0.3 is 10.4 Å². The van der Waals surface area contributed by atoms with Crippen molar-refractivity contribution in [3.63, 3.8) is 0 Å². The van der Waals surface area contributed by atoms with E-state index in [-0.39, 0.29) is 0 Å². The summed E-state index contributed by atoms with van der Waals surface area (Å²) in [6, 6.07) is 5.36. The average Bonchev–Trinajstić information content (AvgIpc) is 2.05. The molecule has 0 fully saturated rings. The summed E-state index contributed by atoms with van der Waals surface area (Å²) in [5, 5.41) is 12.7. The SMILES string of the molecule is C/C(=N/[O-])c1ccccn1. The predicted molar refractivity (Wildman–Crippen MR) is 39.8 cm³/mol. The molecule has 0 saturated carbocycles. The quantitative estimate of drug-likeness (QED) is 0.431. The van der Waals surface area contributed by atoms with E-state index in [4.69, 9.17) is 0 Å². The van der Waals surface area contributed by atoms with E-state index in [1.54, 1.807) is 25.3 Å². The lowest BCUT2D eigenvalue weighted by molar-refractivity contribution is 1.28. The first-order chi connectivity index (χ1) is 4.84. The van der Waals surface area contributed by atoms with Crippen molar-refractivity contribution in [1.29, 1.82) is 0 Å². The van der Waals surface area contributed by atoms with Crippen molar-refractivity contribution in [2.24, 2.45) is 5.16 Å². The van der Waals surface area contributed by atoms with E-state index in [0.29, 0.717) is 11.4 Å². The highest BCUT2D eigenvalue weighted by atomic mass is 16.4. The molecule has 0 spiro atoms. The Labute approximate surface area is 59.0 Å². The zero-order chi connectivity index (χ0) is 7.40. The van der Waals surface area contributed by atoms with Crippen molar-refractivity contribution in [3.8, 4) is 0 Å². The minimum Gasteiger partial charge on any atom is -0.792 e. The molecule has 0 aliphatic rings. The summed E-state index contributed by atoms with van der Waals surface area (Å²) in [7, 11) is 0. The van der Waals surface area contributed by atoms with E-state index in [1.807, 2.05) is 6.07 Å². The van der Waals surface area contributed by atoms with Gasteiger partial charge in [0.2, 0.25) is 0 Å². The van der Waals surface area contributed by atoms with E-state index >= 15 is 0 Å². The van der Waals surface area contributed by atoms with Crippen LogP contribution in [0.15, 0.2) is 29.6 Å². The average molecular weight is 135 g/mol. The zero-order valence-corrected chi connectivity index (χ0v) is 5.61. The van der Waals surface area contributed by atoms with Crippen LogP contribution in [0.25, 0.3) is 0 Å². The van der Waals surface area contributed by atoms with Gasteiger partial charge in [0.1, 0.15) is 0 Å². The Morgan fingerprint density at radius 3 is 2.90 bits per heavy atom. The highest BCUT2D eigenvalue weighted by molar-refractivity contribution is 5.96. The summed E-state index contributed by atoms with van der Waals surface area (Å²) in [6.07, 6.45) is 1.63. The van der Waals surface area contributed by atoms with E-state index in [1.165, 1.54) is 0 Å². The molecule has 0 N–H and O–H groups in total. The molecule has 1 aromatic heterocycles. The van der Waals surface area contributed by atoms with Crippen LogP contribution in [0.1, 0.15) is 12.6 Å². The Morgan fingerprint density at radius 2 is 2.40 bits per heavy atom. The molecule has 10 heavy (non-hydrogen) atoms. The molecule has 52 valence electrons. The summed E-state index contributed by atoms with van der Waals surface area (Å²) in [5.41, 5.74) is 1.05. The molecule has 0 radical (unpaired) electrons. The third kappa shape index (κ3) is 1.31. The molecule has 0 aromatic carbocycles. The van der Waals surface area contributed by atoms with E-state index < -0.39 is 0 Å². The predicted octanol–water partition coefficient (Wildman–Crippen LogP) is 1.39. The number of nitrogens with zero attached hydrogens (tertiary/aromatic N) is 2. The van der Waals surface area contributed by atoms with Crippen LogP contribution in [0.2, 0.25) is 0 Å². The Hall–Kier alpha value is -1.38. The Kier molecular flexibility index (Phi) is 1.99. The number of hydrogen-bond acceptors (Lipinski definition) is 3. The van der Waals surface area contributed by atoms with Crippen LogP contribution in [-0.4, -0.2) is 10.7 Å². The van der Waals surface area contributed by atoms with Crippen molar-refractivity contribution in [2.75, 3.05) is 0 Å². The van der Waals surface area contributed by atoms with Gasteiger partial charge in [-0.2, -0.15) is 0 Å². The van der Waals surface area contributed by atoms with Crippen molar-refractivity contribution in [2.45, 2.75) is 6.92 Å². The van der Waals surface area contributed by atoms with Gasteiger partial charge in [0.15, 0.2) is 0 Å². The van der Waals surface area contributed by atoms with Crippen molar-refractivity contribution >= 4 is 5.71 Å². The monoisotopic (exact) mass is 135 g/mol. The van der Waals surface area contributed by atoms with Crippen molar-refractivity contribution < 1.29 is 0 Å². The van der Waals surface area contributed by atoms with Gasteiger partial charge in [-0.1, -0.05) is 6.07 Å². The Morgan fingerprint density at radius 1 is 1.60 bits per heavy atom. The zero-order valence-electron chi connectivity index (χ0n) is 5.61. The first-order valence-corrected chi connectivity index (χ1v) is 2.93. The van der Waals surface area contributed by atoms with Crippen LogP contribution in [0.5, 0.6) is 0 Å². The molecule has 1 aromatic rings. The number of pyridine rings is 1. The lowest BCUT2D eigenvalue weighted by Crippen LogP contribution is -1.95. The third-order valence-electron chi connectivity index (χ3n) is 1.17. The number of hydrogen-bond donors (Lipinski definition) is 0. The summed E-state index contributed by atoms with van der Waals surface area (Å²) < 4.78 is 0. The van der Waals surface area contributed by atoms with E-state index in [2.05, 4.69) is 10.1 Å². The third-order valence-corrected chi connectivity index (χ3v) is 1.17. The fraction of sp³-hybridized carbons (Fsp3) is 0.143. The standard InChI is InChI=1S/C7H8N2O/c1-6(9-10)7-4-2-3-5-8-7/h2-5,10H,1H3/p-1/b9-6-. The highest BCUT2D eigenvalue weighted by Crippen LogP contribution is 1.94. The molecule has 3 heteroatoms. The summed E-state index contributed by atoms with van der Waals surface area (Å²) in [6.45, 7) is 1.63. The van der Waals surface area contributed by atoms with Gasteiger partial charge in [0, 0.05) is 6.20 Å².